The van der Waals surface area contributed by atoms with Gasteiger partial charge in [0.25, 0.3) is 0 Å². The fourth-order valence-electron chi connectivity index (χ4n) is 1.38. The van der Waals surface area contributed by atoms with E-state index in [1.807, 2.05) is 0 Å². The van der Waals surface area contributed by atoms with E-state index in [-0.39, 0.29) is 24.5 Å². The van der Waals surface area contributed by atoms with Gasteiger partial charge in [-0.05, 0) is 24.8 Å². The van der Waals surface area contributed by atoms with Crippen molar-refractivity contribution in [3.05, 3.63) is 10.4 Å². The first-order valence-corrected chi connectivity index (χ1v) is 3.62. The van der Waals surface area contributed by atoms with Gasteiger partial charge in [0.2, 0.25) is 0 Å². The van der Waals surface area contributed by atoms with Crippen LogP contribution in [0.2, 0.25) is 0 Å². The quantitative estimate of drug-likeness (QED) is 0.370. The number of nitrogens with two attached hydrogens (primary N) is 1. The van der Waals surface area contributed by atoms with Crippen molar-refractivity contribution in [2.24, 2.45) is 10.8 Å². The zero-order valence-corrected chi connectivity index (χ0v) is 7.13. The minimum absolute atomic E-state index is 0. The highest BCUT2D eigenvalue weighted by Crippen LogP contribution is 2.19. The predicted molar refractivity (Wildman–Crippen MR) is 46.6 cm³/mol. The van der Waals surface area contributed by atoms with Crippen molar-refractivity contribution < 1.29 is 0 Å². The average Bonchev–Trinajstić information content (AvgIpc) is 1.88. The molecule has 1 aliphatic carbocycles. The summed E-state index contributed by atoms with van der Waals surface area (Å²) < 4.78 is 0. The topological polar surface area (TPSA) is 74.8 Å². The van der Waals surface area contributed by atoms with E-state index in [0.717, 1.165) is 25.7 Å². The Morgan fingerprint density at radius 2 is 2.18 bits per heavy atom. The molecule has 1 saturated carbocycles. The van der Waals surface area contributed by atoms with Gasteiger partial charge in [-0.1, -0.05) is 11.5 Å². The van der Waals surface area contributed by atoms with Crippen LogP contribution < -0.4 is 5.73 Å². The van der Waals surface area contributed by atoms with Gasteiger partial charge in [-0.2, -0.15) is 0 Å². The molecule has 0 unspecified atom stereocenters. The Bertz CT molecular complexity index is 155. The molecule has 0 radical (unpaired) electrons. The highest BCUT2D eigenvalue weighted by Gasteiger charge is 2.17. The lowest BCUT2D eigenvalue weighted by Gasteiger charge is -2.22. The Kier molecular flexibility index (Phi) is 5.03. The summed E-state index contributed by atoms with van der Waals surface area (Å²) in [6.07, 6.45) is 4.06. The maximum absolute atomic E-state index is 8.12. The molecule has 11 heavy (non-hydrogen) atoms. The Labute approximate surface area is 72.2 Å². The molecule has 2 atom stereocenters. The Morgan fingerprint density at radius 3 is 2.73 bits per heavy atom. The third-order valence-corrected chi connectivity index (χ3v) is 1.90. The Morgan fingerprint density at radius 1 is 1.45 bits per heavy atom. The smallest absolute Gasteiger partial charge is 0.0388 e. The third kappa shape index (κ3) is 3.46. The molecule has 5 heteroatoms. The standard InChI is InChI=1S/C6H12N4.ClH/c7-5-2-1-3-6(4-5)9-10-8;/h5-6H,1-4,7H2;1H/t5-,6-;/m1./s1. The number of azide groups is 1. The molecule has 0 bridgehead atoms. The lowest BCUT2D eigenvalue weighted by molar-refractivity contribution is 0.392. The van der Waals surface area contributed by atoms with E-state index in [9.17, 15) is 0 Å². The monoisotopic (exact) mass is 176 g/mol. The Hall–Kier alpha value is -0.440. The molecule has 1 fully saturated rings. The van der Waals surface area contributed by atoms with Crippen molar-refractivity contribution in [2.75, 3.05) is 0 Å². The first kappa shape index (κ1) is 10.6. The summed E-state index contributed by atoms with van der Waals surface area (Å²) >= 11 is 0. The second-order valence-electron chi connectivity index (χ2n) is 2.79. The van der Waals surface area contributed by atoms with Gasteiger partial charge in [0.05, 0.1) is 0 Å². The number of nitrogens with zero attached hydrogens (tertiary/aromatic N) is 3. The summed E-state index contributed by atoms with van der Waals surface area (Å²) in [4.78, 5) is 2.76. The van der Waals surface area contributed by atoms with Gasteiger partial charge in [0, 0.05) is 17.0 Å². The van der Waals surface area contributed by atoms with Crippen molar-refractivity contribution in [3.8, 4) is 0 Å². The van der Waals surface area contributed by atoms with Gasteiger partial charge in [0.15, 0.2) is 0 Å². The van der Waals surface area contributed by atoms with Crippen LogP contribution in [0.1, 0.15) is 25.7 Å². The minimum Gasteiger partial charge on any atom is -0.328 e. The second kappa shape index (κ2) is 5.24. The fraction of sp³-hybridized carbons (Fsp3) is 1.00. The van der Waals surface area contributed by atoms with Gasteiger partial charge in [-0.15, -0.1) is 12.4 Å². The number of hydrogen-bond donors (Lipinski definition) is 1. The van der Waals surface area contributed by atoms with Crippen LogP contribution >= 0.6 is 12.4 Å². The third-order valence-electron chi connectivity index (χ3n) is 1.90. The van der Waals surface area contributed by atoms with Crippen molar-refractivity contribution in [2.45, 2.75) is 37.8 Å². The average molecular weight is 177 g/mol. The van der Waals surface area contributed by atoms with E-state index in [4.69, 9.17) is 11.3 Å². The van der Waals surface area contributed by atoms with E-state index in [0.29, 0.717) is 0 Å². The van der Waals surface area contributed by atoms with Crippen LogP contribution in [0.25, 0.3) is 10.4 Å². The summed E-state index contributed by atoms with van der Waals surface area (Å²) in [5.41, 5.74) is 13.8. The molecule has 0 aromatic rings. The maximum Gasteiger partial charge on any atom is 0.0388 e. The summed E-state index contributed by atoms with van der Waals surface area (Å²) in [6.45, 7) is 0. The zero-order valence-electron chi connectivity index (χ0n) is 6.31. The van der Waals surface area contributed by atoms with Gasteiger partial charge in [-0.3, -0.25) is 0 Å². The molecule has 1 aliphatic rings. The first-order valence-electron chi connectivity index (χ1n) is 3.62. The largest absolute Gasteiger partial charge is 0.328 e. The van der Waals surface area contributed by atoms with Crippen molar-refractivity contribution in [1.29, 1.82) is 0 Å². The molecule has 4 nitrogen and oxygen atoms in total. The van der Waals surface area contributed by atoms with Crippen LogP contribution in [0.4, 0.5) is 0 Å². The predicted octanol–water partition coefficient (Wildman–Crippen LogP) is 1.99. The van der Waals surface area contributed by atoms with Crippen LogP contribution in [-0.4, -0.2) is 12.1 Å². The van der Waals surface area contributed by atoms with Gasteiger partial charge in [0.1, 0.15) is 0 Å². The molecule has 2 N–H and O–H groups in total. The van der Waals surface area contributed by atoms with Gasteiger partial charge < -0.3 is 5.73 Å². The van der Waals surface area contributed by atoms with Crippen molar-refractivity contribution in [3.63, 3.8) is 0 Å². The summed E-state index contributed by atoms with van der Waals surface area (Å²) in [6, 6.07) is 0.415. The van der Waals surface area contributed by atoms with Crippen LogP contribution in [0, 0.1) is 0 Å². The van der Waals surface area contributed by atoms with Crippen LogP contribution in [-0.2, 0) is 0 Å². The summed E-state index contributed by atoms with van der Waals surface area (Å²) in [5.74, 6) is 0. The van der Waals surface area contributed by atoms with Gasteiger partial charge >= 0.3 is 0 Å². The number of halogens is 1. The summed E-state index contributed by atoms with van der Waals surface area (Å²) in [7, 11) is 0. The number of rotatable bonds is 1. The molecule has 0 aromatic carbocycles. The normalized spacial score (nSPS) is 29.9. The lowest BCUT2D eigenvalue weighted by Crippen LogP contribution is -2.29. The molecule has 1 rings (SSSR count). The molecular formula is C6H13ClN4. The molecular weight excluding hydrogens is 164 g/mol. The zero-order chi connectivity index (χ0) is 7.40. The van der Waals surface area contributed by atoms with Crippen molar-refractivity contribution in [1.82, 2.24) is 0 Å². The molecule has 0 saturated heterocycles. The second-order valence-corrected chi connectivity index (χ2v) is 2.79. The molecule has 0 heterocycles. The van der Waals surface area contributed by atoms with E-state index in [2.05, 4.69) is 10.0 Å². The molecule has 64 valence electrons. The van der Waals surface area contributed by atoms with E-state index in [1.165, 1.54) is 0 Å². The van der Waals surface area contributed by atoms with Crippen LogP contribution in [0.15, 0.2) is 5.11 Å². The van der Waals surface area contributed by atoms with Crippen LogP contribution in [0.5, 0.6) is 0 Å². The van der Waals surface area contributed by atoms with E-state index in [1.54, 1.807) is 0 Å². The molecule has 0 spiro atoms. The minimum atomic E-state index is 0. The van der Waals surface area contributed by atoms with E-state index < -0.39 is 0 Å². The highest BCUT2D eigenvalue weighted by atomic mass is 35.5. The molecule has 0 aliphatic heterocycles. The SMILES string of the molecule is Cl.[N-]=[N+]=N[C@@H]1CCC[C@@H](N)C1. The van der Waals surface area contributed by atoms with Crippen molar-refractivity contribution >= 4 is 12.4 Å². The van der Waals surface area contributed by atoms with Crippen LogP contribution in [0.3, 0.4) is 0 Å². The first-order chi connectivity index (χ1) is 4.83. The van der Waals surface area contributed by atoms with Gasteiger partial charge in [-0.25, -0.2) is 0 Å². The lowest BCUT2D eigenvalue weighted by atomic mass is 9.92. The Balaban J connectivity index is 0.000001000. The maximum atomic E-state index is 8.12. The fourth-order valence-corrected chi connectivity index (χ4v) is 1.38. The number of hydrogen-bond acceptors (Lipinski definition) is 2. The summed E-state index contributed by atoms with van der Waals surface area (Å²) in [5, 5.41) is 3.63. The van der Waals surface area contributed by atoms with E-state index >= 15 is 0 Å². The molecule has 0 amide bonds. The molecule has 0 aromatic heterocycles. The highest BCUT2D eigenvalue weighted by molar-refractivity contribution is 5.85.